The largest absolute Gasteiger partial charge is 0.378 e. The van der Waals surface area contributed by atoms with Gasteiger partial charge in [0.2, 0.25) is 0 Å². The first-order valence-electron chi connectivity index (χ1n) is 9.05. The molecule has 0 amide bonds. The van der Waals surface area contributed by atoms with Gasteiger partial charge in [0.25, 0.3) is 0 Å². The first kappa shape index (κ1) is 15.0. The van der Waals surface area contributed by atoms with Gasteiger partial charge in [0.15, 0.2) is 5.96 Å². The highest BCUT2D eigenvalue weighted by Crippen LogP contribution is 2.58. The van der Waals surface area contributed by atoms with Gasteiger partial charge in [0.1, 0.15) is 0 Å². The highest BCUT2D eigenvalue weighted by atomic mass is 16.5. The SMILES string of the molecule is CCOC1CC(N=C(N)Nc2ccc3c(c2)CCC3)C12CCC2. The molecule has 0 radical (unpaired) electrons. The van der Waals surface area contributed by atoms with Crippen molar-refractivity contribution in [1.29, 1.82) is 0 Å². The van der Waals surface area contributed by atoms with Gasteiger partial charge in [-0.05, 0) is 68.7 Å². The molecular formula is C19H27N3O. The highest BCUT2D eigenvalue weighted by Gasteiger charge is 2.59. The second kappa shape index (κ2) is 5.82. The van der Waals surface area contributed by atoms with Crippen LogP contribution in [0.3, 0.4) is 0 Å². The Bertz CT molecular complexity index is 621. The summed E-state index contributed by atoms with van der Waals surface area (Å²) in [5, 5.41) is 3.29. The molecule has 0 bridgehead atoms. The zero-order chi connectivity index (χ0) is 15.9. The number of rotatable bonds is 4. The first-order chi connectivity index (χ1) is 11.2. The number of hydrogen-bond acceptors (Lipinski definition) is 2. The fraction of sp³-hybridized carbons (Fsp3) is 0.632. The van der Waals surface area contributed by atoms with Crippen LogP contribution >= 0.6 is 0 Å². The fourth-order valence-electron chi connectivity index (χ4n) is 4.58. The third-order valence-electron chi connectivity index (χ3n) is 6.06. The normalized spacial score (nSPS) is 28.1. The van der Waals surface area contributed by atoms with E-state index in [0.717, 1.165) is 18.7 Å². The number of aliphatic imine (C=N–C) groups is 1. The van der Waals surface area contributed by atoms with Crippen LogP contribution in [0.5, 0.6) is 0 Å². The molecule has 1 aromatic carbocycles. The minimum absolute atomic E-state index is 0.278. The molecule has 3 aliphatic rings. The Morgan fingerprint density at radius 3 is 2.87 bits per heavy atom. The molecule has 0 aliphatic heterocycles. The Hall–Kier alpha value is -1.55. The molecule has 3 aliphatic carbocycles. The van der Waals surface area contributed by atoms with E-state index in [0.29, 0.717) is 18.1 Å². The molecule has 2 unspecified atom stereocenters. The van der Waals surface area contributed by atoms with Crippen LogP contribution in [-0.4, -0.2) is 24.7 Å². The maximum Gasteiger partial charge on any atom is 0.193 e. The Kier molecular flexibility index (Phi) is 3.80. The summed E-state index contributed by atoms with van der Waals surface area (Å²) in [7, 11) is 0. The Morgan fingerprint density at radius 2 is 2.13 bits per heavy atom. The summed E-state index contributed by atoms with van der Waals surface area (Å²) in [6, 6.07) is 6.90. The van der Waals surface area contributed by atoms with Crippen molar-refractivity contribution < 1.29 is 4.74 Å². The molecule has 0 aromatic heterocycles. The summed E-state index contributed by atoms with van der Waals surface area (Å²) in [6.45, 7) is 2.87. The van der Waals surface area contributed by atoms with Crippen LogP contribution in [0.2, 0.25) is 0 Å². The minimum Gasteiger partial charge on any atom is -0.378 e. The summed E-state index contributed by atoms with van der Waals surface area (Å²) in [5.41, 5.74) is 10.5. The molecule has 4 heteroatoms. The van der Waals surface area contributed by atoms with Gasteiger partial charge < -0.3 is 15.8 Å². The minimum atomic E-state index is 0.278. The summed E-state index contributed by atoms with van der Waals surface area (Å²) in [4.78, 5) is 4.78. The van der Waals surface area contributed by atoms with E-state index >= 15 is 0 Å². The molecule has 1 spiro atoms. The van der Waals surface area contributed by atoms with Gasteiger partial charge in [0, 0.05) is 17.7 Å². The van der Waals surface area contributed by atoms with E-state index in [1.165, 1.54) is 49.7 Å². The van der Waals surface area contributed by atoms with Gasteiger partial charge in [-0.1, -0.05) is 12.5 Å². The van der Waals surface area contributed by atoms with Gasteiger partial charge in [-0.3, -0.25) is 0 Å². The number of aryl methyl sites for hydroxylation is 2. The number of nitrogens with two attached hydrogens (primary N) is 1. The van der Waals surface area contributed by atoms with Gasteiger partial charge in [0.05, 0.1) is 12.1 Å². The van der Waals surface area contributed by atoms with E-state index < -0.39 is 0 Å². The molecule has 2 atom stereocenters. The molecule has 2 saturated carbocycles. The van der Waals surface area contributed by atoms with Crippen LogP contribution in [0.1, 0.15) is 50.2 Å². The number of nitrogens with one attached hydrogen (secondary N) is 1. The second-order valence-electron chi connectivity index (χ2n) is 7.26. The number of nitrogens with zero attached hydrogens (tertiary/aromatic N) is 1. The van der Waals surface area contributed by atoms with Crippen molar-refractivity contribution in [2.75, 3.05) is 11.9 Å². The predicted molar refractivity (Wildman–Crippen MR) is 93.8 cm³/mol. The van der Waals surface area contributed by atoms with Gasteiger partial charge >= 0.3 is 0 Å². The molecule has 4 rings (SSSR count). The van der Waals surface area contributed by atoms with Crippen molar-refractivity contribution in [3.8, 4) is 0 Å². The summed E-state index contributed by atoms with van der Waals surface area (Å²) in [5.74, 6) is 0.550. The summed E-state index contributed by atoms with van der Waals surface area (Å²) >= 11 is 0. The number of benzene rings is 1. The predicted octanol–water partition coefficient (Wildman–Crippen LogP) is 3.25. The quantitative estimate of drug-likeness (QED) is 0.662. The molecule has 1 aromatic rings. The zero-order valence-electron chi connectivity index (χ0n) is 14.0. The van der Waals surface area contributed by atoms with Crippen molar-refractivity contribution in [1.82, 2.24) is 0 Å². The average Bonchev–Trinajstić information content (AvgIpc) is 2.91. The maximum atomic E-state index is 6.18. The first-order valence-corrected chi connectivity index (χ1v) is 9.05. The number of guanidine groups is 1. The van der Waals surface area contributed by atoms with Crippen molar-refractivity contribution in [3.63, 3.8) is 0 Å². The number of ether oxygens (including phenoxy) is 1. The van der Waals surface area contributed by atoms with Gasteiger partial charge in [-0.2, -0.15) is 0 Å². The molecule has 0 saturated heterocycles. The lowest BCUT2D eigenvalue weighted by atomic mass is 9.51. The molecule has 2 fully saturated rings. The van der Waals surface area contributed by atoms with E-state index in [2.05, 4.69) is 30.4 Å². The standard InChI is InChI=1S/C19H27N3O/c1-2-23-17-12-16(19(17)9-4-10-19)22-18(20)21-15-8-7-13-5-3-6-14(13)11-15/h7-8,11,16-17H,2-6,9-10,12H2,1H3,(H3,20,21,22). The number of hydrogen-bond donors (Lipinski definition) is 2. The summed E-state index contributed by atoms with van der Waals surface area (Å²) in [6.07, 6.45) is 8.84. The molecular weight excluding hydrogens is 286 g/mol. The molecule has 124 valence electrons. The van der Waals surface area contributed by atoms with Gasteiger partial charge in [-0.25, -0.2) is 4.99 Å². The molecule has 23 heavy (non-hydrogen) atoms. The van der Waals surface area contributed by atoms with Crippen LogP contribution in [0.25, 0.3) is 0 Å². The lowest BCUT2D eigenvalue weighted by Crippen LogP contribution is -2.61. The monoisotopic (exact) mass is 313 g/mol. The zero-order valence-corrected chi connectivity index (χ0v) is 14.0. The van der Waals surface area contributed by atoms with Crippen LogP contribution in [0, 0.1) is 5.41 Å². The molecule has 0 heterocycles. The van der Waals surface area contributed by atoms with Crippen molar-refractivity contribution in [2.24, 2.45) is 16.1 Å². The van der Waals surface area contributed by atoms with Crippen LogP contribution in [-0.2, 0) is 17.6 Å². The Labute approximate surface area is 138 Å². The summed E-state index contributed by atoms with van der Waals surface area (Å²) < 4.78 is 5.89. The van der Waals surface area contributed by atoms with Gasteiger partial charge in [-0.15, -0.1) is 0 Å². The lowest BCUT2D eigenvalue weighted by molar-refractivity contribution is -0.162. The third-order valence-corrected chi connectivity index (χ3v) is 6.06. The van der Waals surface area contributed by atoms with Crippen molar-refractivity contribution in [3.05, 3.63) is 29.3 Å². The number of anilines is 1. The number of fused-ring (bicyclic) bond motifs is 1. The van der Waals surface area contributed by atoms with Crippen LogP contribution in [0.15, 0.2) is 23.2 Å². The maximum absolute atomic E-state index is 6.18. The fourth-order valence-corrected chi connectivity index (χ4v) is 4.58. The second-order valence-corrected chi connectivity index (χ2v) is 7.26. The van der Waals surface area contributed by atoms with E-state index in [1.54, 1.807) is 0 Å². The smallest absolute Gasteiger partial charge is 0.193 e. The highest BCUT2D eigenvalue weighted by molar-refractivity contribution is 5.92. The van der Waals surface area contributed by atoms with E-state index in [1.807, 2.05) is 0 Å². The van der Waals surface area contributed by atoms with Crippen molar-refractivity contribution in [2.45, 2.75) is 64.0 Å². The van der Waals surface area contributed by atoms with Crippen molar-refractivity contribution >= 4 is 11.6 Å². The van der Waals surface area contributed by atoms with E-state index in [9.17, 15) is 0 Å². The third kappa shape index (κ3) is 2.53. The Balaban J connectivity index is 1.43. The topological polar surface area (TPSA) is 59.6 Å². The lowest BCUT2D eigenvalue weighted by Gasteiger charge is -2.59. The van der Waals surface area contributed by atoms with E-state index in [-0.39, 0.29) is 5.41 Å². The average molecular weight is 313 g/mol. The van der Waals surface area contributed by atoms with Crippen LogP contribution < -0.4 is 11.1 Å². The molecule has 4 nitrogen and oxygen atoms in total. The van der Waals surface area contributed by atoms with E-state index in [4.69, 9.17) is 15.5 Å². The molecule has 3 N–H and O–H groups in total. The Morgan fingerprint density at radius 1 is 1.30 bits per heavy atom. The van der Waals surface area contributed by atoms with Crippen LogP contribution in [0.4, 0.5) is 5.69 Å².